The van der Waals surface area contributed by atoms with Gasteiger partial charge in [-0.05, 0) is 12.1 Å². The van der Waals surface area contributed by atoms with Crippen LogP contribution in [0.2, 0.25) is 0 Å². The van der Waals surface area contributed by atoms with Gasteiger partial charge in [-0.2, -0.15) is 0 Å². The Bertz CT molecular complexity index is 473. The summed E-state index contributed by atoms with van der Waals surface area (Å²) in [5.41, 5.74) is 5.81. The fraction of sp³-hybridized carbons (Fsp3) is 0. The molecule has 0 radical (unpaired) electrons. The van der Waals surface area contributed by atoms with Gasteiger partial charge in [0.25, 0.3) is 5.91 Å². The van der Waals surface area contributed by atoms with E-state index in [2.05, 4.69) is 4.98 Å². The largest absolute Gasteiger partial charge is 0.505 e. The Morgan fingerprint density at radius 2 is 2.08 bits per heavy atom. The Morgan fingerprint density at radius 3 is 2.69 bits per heavy atom. The van der Waals surface area contributed by atoms with Gasteiger partial charge < -0.3 is 15.8 Å². The van der Waals surface area contributed by atoms with E-state index in [1.54, 1.807) is 18.2 Å². The number of amides is 1. The lowest BCUT2D eigenvalue weighted by atomic mass is 10.2. The zero-order valence-electron chi connectivity index (χ0n) is 6.74. The van der Waals surface area contributed by atoms with E-state index in [1.165, 1.54) is 0 Å². The van der Waals surface area contributed by atoms with Crippen LogP contribution in [-0.2, 0) is 0 Å². The van der Waals surface area contributed by atoms with Gasteiger partial charge in [-0.15, -0.1) is 0 Å². The van der Waals surface area contributed by atoms with Gasteiger partial charge in [0.2, 0.25) is 0 Å². The van der Waals surface area contributed by atoms with Crippen LogP contribution in [0.4, 0.5) is 0 Å². The van der Waals surface area contributed by atoms with Gasteiger partial charge in [0.15, 0.2) is 5.75 Å². The second-order valence-electron chi connectivity index (χ2n) is 2.76. The van der Waals surface area contributed by atoms with Crippen LogP contribution < -0.4 is 5.73 Å². The average molecular weight is 176 g/mol. The molecule has 1 amide bonds. The first-order chi connectivity index (χ1) is 6.20. The fourth-order valence-electron chi connectivity index (χ4n) is 1.31. The van der Waals surface area contributed by atoms with Crippen molar-refractivity contribution in [2.75, 3.05) is 0 Å². The smallest absolute Gasteiger partial charge is 0.269 e. The second-order valence-corrected chi connectivity index (χ2v) is 2.76. The van der Waals surface area contributed by atoms with Crippen LogP contribution in [0.15, 0.2) is 24.3 Å². The van der Waals surface area contributed by atoms with E-state index in [4.69, 9.17) is 5.73 Å². The monoisotopic (exact) mass is 176 g/mol. The van der Waals surface area contributed by atoms with Gasteiger partial charge in [0, 0.05) is 10.9 Å². The van der Waals surface area contributed by atoms with Crippen molar-refractivity contribution in [2.45, 2.75) is 0 Å². The molecule has 0 atom stereocenters. The summed E-state index contributed by atoms with van der Waals surface area (Å²) in [5, 5.41) is 10.1. The Hall–Kier alpha value is -1.97. The number of para-hydroxylation sites is 1. The van der Waals surface area contributed by atoms with Crippen LogP contribution in [-0.4, -0.2) is 16.0 Å². The van der Waals surface area contributed by atoms with E-state index in [-0.39, 0.29) is 11.4 Å². The van der Waals surface area contributed by atoms with Crippen LogP contribution in [0.3, 0.4) is 0 Å². The van der Waals surface area contributed by atoms with Crippen LogP contribution in [0.1, 0.15) is 10.5 Å². The van der Waals surface area contributed by atoms with Crippen molar-refractivity contribution in [2.24, 2.45) is 5.73 Å². The van der Waals surface area contributed by atoms with E-state index in [9.17, 15) is 9.90 Å². The lowest BCUT2D eigenvalue weighted by Crippen LogP contribution is -2.11. The van der Waals surface area contributed by atoms with Gasteiger partial charge in [0.05, 0.1) is 0 Å². The molecule has 66 valence electrons. The Balaban J connectivity index is 2.81. The number of benzene rings is 1. The maximum absolute atomic E-state index is 10.8. The Labute approximate surface area is 74.0 Å². The van der Waals surface area contributed by atoms with Crippen molar-refractivity contribution in [3.05, 3.63) is 30.0 Å². The minimum atomic E-state index is -0.659. The number of aromatic nitrogens is 1. The molecule has 0 aliphatic heterocycles. The van der Waals surface area contributed by atoms with Crippen molar-refractivity contribution >= 4 is 16.8 Å². The third-order valence-corrected chi connectivity index (χ3v) is 1.93. The molecular formula is C9H8N2O2. The Morgan fingerprint density at radius 1 is 1.38 bits per heavy atom. The van der Waals surface area contributed by atoms with E-state index in [1.807, 2.05) is 6.07 Å². The summed E-state index contributed by atoms with van der Waals surface area (Å²) in [6, 6.07) is 7.07. The second kappa shape index (κ2) is 2.52. The van der Waals surface area contributed by atoms with Crippen LogP contribution in [0.25, 0.3) is 10.9 Å². The molecule has 0 spiro atoms. The number of aromatic hydroxyl groups is 1. The lowest BCUT2D eigenvalue weighted by Gasteiger charge is -1.89. The van der Waals surface area contributed by atoms with Crippen LogP contribution in [0, 0.1) is 0 Å². The van der Waals surface area contributed by atoms with Crippen molar-refractivity contribution < 1.29 is 9.90 Å². The standard InChI is InChI=1S/C9H8N2O2/c10-9(13)7-8(12)5-3-1-2-4-6(5)11-7/h1-4,11-12H,(H2,10,13). The third kappa shape index (κ3) is 1.03. The predicted octanol–water partition coefficient (Wildman–Crippen LogP) is 0.972. The molecule has 0 saturated carbocycles. The van der Waals surface area contributed by atoms with Crippen LogP contribution >= 0.6 is 0 Å². The first-order valence-corrected chi connectivity index (χ1v) is 3.79. The fourth-order valence-corrected chi connectivity index (χ4v) is 1.31. The van der Waals surface area contributed by atoms with E-state index >= 15 is 0 Å². The number of primary amides is 1. The molecule has 0 unspecified atom stereocenters. The first-order valence-electron chi connectivity index (χ1n) is 3.79. The number of fused-ring (bicyclic) bond motifs is 1. The summed E-state index contributed by atoms with van der Waals surface area (Å²) in [6.45, 7) is 0. The van der Waals surface area contributed by atoms with Crippen molar-refractivity contribution in [1.82, 2.24) is 4.98 Å². The molecule has 1 heterocycles. The van der Waals surface area contributed by atoms with Gasteiger partial charge in [0.1, 0.15) is 5.69 Å². The van der Waals surface area contributed by atoms with Crippen LogP contribution in [0.5, 0.6) is 5.75 Å². The van der Waals surface area contributed by atoms with Crippen molar-refractivity contribution in [3.63, 3.8) is 0 Å². The maximum atomic E-state index is 10.8. The highest BCUT2D eigenvalue weighted by Crippen LogP contribution is 2.27. The molecule has 13 heavy (non-hydrogen) atoms. The quantitative estimate of drug-likeness (QED) is 0.605. The average Bonchev–Trinajstić information content (AvgIpc) is 2.45. The van der Waals surface area contributed by atoms with E-state index in [0.717, 1.165) is 0 Å². The number of nitrogens with two attached hydrogens (primary N) is 1. The summed E-state index contributed by atoms with van der Waals surface area (Å²) in [6.07, 6.45) is 0. The normalized spacial score (nSPS) is 10.5. The highest BCUT2D eigenvalue weighted by Gasteiger charge is 2.13. The SMILES string of the molecule is NC(=O)c1[nH]c2ccccc2c1O. The molecule has 2 rings (SSSR count). The zero-order valence-corrected chi connectivity index (χ0v) is 6.74. The van der Waals surface area contributed by atoms with E-state index in [0.29, 0.717) is 10.9 Å². The summed E-state index contributed by atoms with van der Waals surface area (Å²) in [4.78, 5) is 13.6. The molecule has 1 aromatic carbocycles. The van der Waals surface area contributed by atoms with Gasteiger partial charge >= 0.3 is 0 Å². The highest BCUT2D eigenvalue weighted by atomic mass is 16.3. The topological polar surface area (TPSA) is 79.1 Å². The molecule has 0 aliphatic carbocycles. The minimum absolute atomic E-state index is 0.0567. The Kier molecular flexibility index (Phi) is 1.48. The molecule has 0 saturated heterocycles. The van der Waals surface area contributed by atoms with Crippen molar-refractivity contribution in [3.8, 4) is 5.75 Å². The molecule has 4 N–H and O–H groups in total. The molecule has 0 aliphatic rings. The predicted molar refractivity (Wildman–Crippen MR) is 48.5 cm³/mol. The number of hydrogen-bond donors (Lipinski definition) is 3. The summed E-state index contributed by atoms with van der Waals surface area (Å²) in [5.74, 6) is -0.739. The zero-order chi connectivity index (χ0) is 9.42. The summed E-state index contributed by atoms with van der Waals surface area (Å²) in [7, 11) is 0. The summed E-state index contributed by atoms with van der Waals surface area (Å²) >= 11 is 0. The van der Waals surface area contributed by atoms with Gasteiger partial charge in [-0.25, -0.2) is 0 Å². The number of H-pyrrole nitrogens is 1. The summed E-state index contributed by atoms with van der Waals surface area (Å²) < 4.78 is 0. The molecule has 4 nitrogen and oxygen atoms in total. The van der Waals surface area contributed by atoms with Gasteiger partial charge in [-0.3, -0.25) is 4.79 Å². The van der Waals surface area contributed by atoms with Crippen molar-refractivity contribution in [1.29, 1.82) is 0 Å². The highest BCUT2D eigenvalue weighted by molar-refractivity contribution is 6.02. The number of aromatic amines is 1. The molecule has 1 aromatic heterocycles. The number of carbonyl (C=O) groups excluding carboxylic acids is 1. The number of nitrogens with one attached hydrogen (secondary N) is 1. The molecule has 2 aromatic rings. The number of rotatable bonds is 1. The molecule has 0 fully saturated rings. The molecular weight excluding hydrogens is 168 g/mol. The van der Waals surface area contributed by atoms with Gasteiger partial charge in [-0.1, -0.05) is 12.1 Å². The maximum Gasteiger partial charge on any atom is 0.269 e. The third-order valence-electron chi connectivity index (χ3n) is 1.93. The number of hydrogen-bond acceptors (Lipinski definition) is 2. The number of carbonyl (C=O) groups is 1. The lowest BCUT2D eigenvalue weighted by molar-refractivity contribution is 0.0994. The van der Waals surface area contributed by atoms with E-state index < -0.39 is 5.91 Å². The minimum Gasteiger partial charge on any atom is -0.505 e. The molecule has 4 heteroatoms. The molecule has 0 bridgehead atoms. The first kappa shape index (κ1) is 7.67.